The minimum absolute atomic E-state index is 0.987. The molecular formula is C17H35OP. The molecule has 0 aromatic heterocycles. The molecule has 0 aromatic carbocycles. The van der Waals surface area contributed by atoms with Gasteiger partial charge in [-0.25, -0.2) is 0 Å². The molecule has 114 valence electrons. The summed E-state index contributed by atoms with van der Waals surface area (Å²) in [5.74, 6) is 0. The predicted molar refractivity (Wildman–Crippen MR) is 88.8 cm³/mol. The van der Waals surface area contributed by atoms with Crippen molar-refractivity contribution in [3.8, 4) is 0 Å². The Kier molecular flexibility index (Phi) is 6.63. The molecule has 0 bridgehead atoms. The van der Waals surface area contributed by atoms with Crippen molar-refractivity contribution < 1.29 is 4.52 Å². The topological polar surface area (TPSA) is 9.23 Å². The summed E-state index contributed by atoms with van der Waals surface area (Å²) in [4.78, 5) is 0. The number of hydrogen-bond donors (Lipinski definition) is 0. The fourth-order valence-corrected chi connectivity index (χ4v) is 10.6. The van der Waals surface area contributed by atoms with Crippen LogP contribution in [0.3, 0.4) is 0 Å². The first-order chi connectivity index (χ1) is 9.33. The first-order valence-electron chi connectivity index (χ1n) is 8.97. The van der Waals surface area contributed by atoms with E-state index in [0.29, 0.717) is 0 Å². The monoisotopic (exact) mass is 286 g/mol. The molecule has 0 aliphatic heterocycles. The van der Waals surface area contributed by atoms with Crippen molar-refractivity contribution >= 4 is 7.49 Å². The maximum atomic E-state index is 6.75. The molecule has 2 aliphatic carbocycles. The predicted octanol–water partition coefficient (Wildman–Crippen LogP) is 5.76. The van der Waals surface area contributed by atoms with Gasteiger partial charge >= 0.3 is 121 Å². The van der Waals surface area contributed by atoms with Gasteiger partial charge in [0.25, 0.3) is 0 Å². The van der Waals surface area contributed by atoms with Crippen molar-refractivity contribution in [1.82, 2.24) is 0 Å². The van der Waals surface area contributed by atoms with Crippen molar-refractivity contribution in [2.24, 2.45) is 0 Å². The van der Waals surface area contributed by atoms with Crippen molar-refractivity contribution in [1.29, 1.82) is 0 Å². The molecule has 0 amide bonds. The molecule has 1 nitrogen and oxygen atoms in total. The van der Waals surface area contributed by atoms with Gasteiger partial charge in [-0.05, 0) is 0 Å². The average molecular weight is 286 g/mol. The van der Waals surface area contributed by atoms with Crippen LogP contribution in [0, 0.1) is 0 Å². The Morgan fingerprint density at radius 2 is 1.26 bits per heavy atom. The van der Waals surface area contributed by atoms with Gasteiger partial charge in [-0.3, -0.25) is 0 Å². The van der Waals surface area contributed by atoms with Crippen LogP contribution in [0.4, 0.5) is 0 Å². The molecule has 2 aliphatic rings. The van der Waals surface area contributed by atoms with Gasteiger partial charge < -0.3 is 0 Å². The Morgan fingerprint density at radius 1 is 0.789 bits per heavy atom. The quantitative estimate of drug-likeness (QED) is 0.564. The first kappa shape index (κ1) is 15.8. The molecule has 0 saturated heterocycles. The Bertz CT molecular complexity index is 224. The molecule has 2 fully saturated rings. The van der Waals surface area contributed by atoms with Crippen molar-refractivity contribution in [3.05, 3.63) is 0 Å². The Hall–Kier alpha value is 0.390. The third-order valence-corrected chi connectivity index (χ3v) is 11.5. The van der Waals surface area contributed by atoms with Crippen LogP contribution in [-0.2, 0) is 4.52 Å². The van der Waals surface area contributed by atoms with E-state index in [1.54, 1.807) is 0 Å². The second-order valence-corrected chi connectivity index (χ2v) is 11.4. The summed E-state index contributed by atoms with van der Waals surface area (Å²) in [6, 6.07) is 0. The van der Waals surface area contributed by atoms with Crippen molar-refractivity contribution in [2.45, 2.75) is 95.8 Å². The molecular weight excluding hydrogens is 251 g/mol. The van der Waals surface area contributed by atoms with E-state index in [4.69, 9.17) is 4.52 Å². The molecule has 0 spiro atoms. The fourth-order valence-electron chi connectivity index (χ4n) is 4.72. The molecule has 0 heterocycles. The summed E-state index contributed by atoms with van der Waals surface area (Å²) >= 11 is 0. The van der Waals surface area contributed by atoms with Gasteiger partial charge in [0.2, 0.25) is 0 Å². The zero-order chi connectivity index (χ0) is 13.6. The number of rotatable bonds is 6. The van der Waals surface area contributed by atoms with Gasteiger partial charge in [0, 0.05) is 0 Å². The van der Waals surface area contributed by atoms with Crippen LogP contribution < -0.4 is 0 Å². The SMILES string of the molecule is CCCO[PH](CC)(C1CCCCC1)C1CCCCC1. The van der Waals surface area contributed by atoms with Gasteiger partial charge in [-0.1, -0.05) is 0 Å². The van der Waals surface area contributed by atoms with E-state index in [1.807, 2.05) is 0 Å². The van der Waals surface area contributed by atoms with Crippen LogP contribution in [0.5, 0.6) is 0 Å². The Labute approximate surface area is 121 Å². The Balaban J connectivity index is 2.12. The summed E-state index contributed by atoms with van der Waals surface area (Å²) in [5.41, 5.74) is 1.97. The molecule has 0 unspecified atom stereocenters. The zero-order valence-corrected chi connectivity index (χ0v) is 14.3. The van der Waals surface area contributed by atoms with Gasteiger partial charge in [-0.2, -0.15) is 0 Å². The summed E-state index contributed by atoms with van der Waals surface area (Å²) in [6.07, 6.45) is 17.4. The van der Waals surface area contributed by atoms with Crippen LogP contribution in [0.1, 0.15) is 84.5 Å². The Morgan fingerprint density at radius 3 is 1.63 bits per heavy atom. The molecule has 0 N–H and O–H groups in total. The van der Waals surface area contributed by atoms with E-state index in [1.165, 1.54) is 76.8 Å². The minimum atomic E-state index is -1.49. The van der Waals surface area contributed by atoms with E-state index in [0.717, 1.165) is 17.9 Å². The summed E-state index contributed by atoms with van der Waals surface area (Å²) in [6.45, 7) is 5.76. The van der Waals surface area contributed by atoms with Gasteiger partial charge in [0.15, 0.2) is 0 Å². The molecule has 0 radical (unpaired) electrons. The van der Waals surface area contributed by atoms with Gasteiger partial charge in [0.05, 0.1) is 0 Å². The standard InChI is InChI=1S/C17H35OP/c1-3-15-18-19(4-2,16-11-7-5-8-12-16)17-13-9-6-10-14-17/h16-17,19H,3-15H2,1-2H3. The third kappa shape index (κ3) is 3.73. The summed E-state index contributed by atoms with van der Waals surface area (Å²) in [5, 5.41) is 0. The molecule has 19 heavy (non-hydrogen) atoms. The van der Waals surface area contributed by atoms with E-state index < -0.39 is 7.49 Å². The average Bonchev–Trinajstić information content (AvgIpc) is 2.51. The van der Waals surface area contributed by atoms with E-state index in [2.05, 4.69) is 13.8 Å². The third-order valence-electron chi connectivity index (χ3n) is 5.72. The second-order valence-electron chi connectivity index (χ2n) is 6.83. The van der Waals surface area contributed by atoms with Crippen molar-refractivity contribution in [3.63, 3.8) is 0 Å². The van der Waals surface area contributed by atoms with Gasteiger partial charge in [-0.15, -0.1) is 0 Å². The number of hydrogen-bond acceptors (Lipinski definition) is 1. The van der Waals surface area contributed by atoms with Crippen LogP contribution >= 0.6 is 7.49 Å². The van der Waals surface area contributed by atoms with Crippen LogP contribution in [0.15, 0.2) is 0 Å². The van der Waals surface area contributed by atoms with Gasteiger partial charge in [0.1, 0.15) is 0 Å². The fraction of sp³-hybridized carbons (Fsp3) is 1.00. The van der Waals surface area contributed by atoms with Crippen molar-refractivity contribution in [2.75, 3.05) is 12.8 Å². The van der Waals surface area contributed by atoms with E-state index in [-0.39, 0.29) is 0 Å². The molecule has 2 rings (SSSR count). The van der Waals surface area contributed by atoms with E-state index in [9.17, 15) is 0 Å². The maximum absolute atomic E-state index is 6.75. The normalized spacial score (nSPS) is 24.5. The first-order valence-corrected chi connectivity index (χ1v) is 11.2. The molecule has 0 atom stereocenters. The molecule has 2 saturated carbocycles. The summed E-state index contributed by atoms with van der Waals surface area (Å²) < 4.78 is 6.75. The second kappa shape index (κ2) is 7.99. The molecule has 2 heteroatoms. The zero-order valence-electron chi connectivity index (χ0n) is 13.3. The summed E-state index contributed by atoms with van der Waals surface area (Å²) in [7, 11) is -1.49. The van der Waals surface area contributed by atoms with E-state index >= 15 is 0 Å². The molecule has 0 aromatic rings. The van der Waals surface area contributed by atoms with Crippen LogP contribution in [-0.4, -0.2) is 24.1 Å². The van der Waals surface area contributed by atoms with Crippen LogP contribution in [0.25, 0.3) is 0 Å². The van der Waals surface area contributed by atoms with Crippen LogP contribution in [0.2, 0.25) is 0 Å².